The first-order valence-electron chi connectivity index (χ1n) is 8.23. The molecule has 5 nitrogen and oxygen atoms in total. The maximum atomic E-state index is 14.4. The maximum Gasteiger partial charge on any atom is 0.223 e. The Hall–Kier alpha value is -1.72. The number of carbonyl (C=O) groups excluding carboxylic acids is 1. The topological polar surface area (TPSA) is 58.1 Å². The average Bonchev–Trinajstić information content (AvgIpc) is 2.46. The number of hydrogen-bond donors (Lipinski definition) is 1. The molecule has 3 rings (SSSR count). The number of hydrogen-bond acceptors (Lipinski definition) is 4. The number of piperidine rings is 1. The van der Waals surface area contributed by atoms with Gasteiger partial charge in [-0.05, 0) is 32.1 Å². The van der Waals surface area contributed by atoms with E-state index in [0.29, 0.717) is 24.5 Å². The van der Waals surface area contributed by atoms with Gasteiger partial charge < -0.3 is 10.2 Å². The van der Waals surface area contributed by atoms with Crippen LogP contribution in [0.4, 0.5) is 10.2 Å². The maximum absolute atomic E-state index is 14.4. The van der Waals surface area contributed by atoms with E-state index in [2.05, 4.69) is 15.3 Å². The average molecular weight is 306 g/mol. The monoisotopic (exact) mass is 306 g/mol. The van der Waals surface area contributed by atoms with Crippen molar-refractivity contribution in [3.63, 3.8) is 0 Å². The predicted molar refractivity (Wildman–Crippen MR) is 82.1 cm³/mol. The van der Waals surface area contributed by atoms with Crippen LogP contribution in [0, 0.1) is 11.7 Å². The lowest BCUT2D eigenvalue weighted by atomic mass is 9.84. The zero-order chi connectivity index (χ0) is 15.5. The molecule has 1 atom stereocenters. The molecule has 1 N–H and O–H groups in total. The molecule has 0 aromatic carbocycles. The number of halogens is 1. The van der Waals surface area contributed by atoms with Crippen molar-refractivity contribution in [3.05, 3.63) is 17.8 Å². The van der Waals surface area contributed by atoms with E-state index in [4.69, 9.17) is 0 Å². The number of aromatic nitrogens is 2. The highest BCUT2D eigenvalue weighted by atomic mass is 19.1. The van der Waals surface area contributed by atoms with E-state index in [9.17, 15) is 9.18 Å². The highest BCUT2D eigenvalue weighted by Gasteiger charge is 2.29. The molecule has 6 heteroatoms. The first-order chi connectivity index (χ1) is 10.7. The van der Waals surface area contributed by atoms with Crippen LogP contribution in [-0.4, -0.2) is 35.0 Å². The molecule has 1 aliphatic carbocycles. The van der Waals surface area contributed by atoms with Crippen molar-refractivity contribution in [1.29, 1.82) is 0 Å². The fraction of sp³-hybridized carbons (Fsp3) is 0.688. The summed E-state index contributed by atoms with van der Waals surface area (Å²) in [7, 11) is 0. The Morgan fingerprint density at radius 2 is 2.18 bits per heavy atom. The molecule has 2 aliphatic rings. The molecule has 1 aromatic heterocycles. The van der Waals surface area contributed by atoms with E-state index < -0.39 is 0 Å². The highest BCUT2D eigenvalue weighted by molar-refractivity contribution is 5.79. The summed E-state index contributed by atoms with van der Waals surface area (Å²) in [5.41, 5.74) is 0.450. The number of amides is 1. The van der Waals surface area contributed by atoms with Crippen LogP contribution >= 0.6 is 0 Å². The lowest BCUT2D eigenvalue weighted by molar-refractivity contribution is -0.128. The minimum Gasteiger partial charge on any atom is -0.352 e. The standard InChI is InChI=1S/C16H23FN4O/c1-2-13-14(17)15(19-10-18-13)21-8-4-7-12(9-21)20-16(22)11-5-3-6-11/h10-12H,2-9H2,1H3,(H,20,22). The molecule has 120 valence electrons. The Morgan fingerprint density at radius 3 is 2.86 bits per heavy atom. The summed E-state index contributed by atoms with van der Waals surface area (Å²) >= 11 is 0. The molecule has 2 fully saturated rings. The summed E-state index contributed by atoms with van der Waals surface area (Å²) in [5.74, 6) is 0.402. The molecule has 1 unspecified atom stereocenters. The second kappa shape index (κ2) is 6.58. The van der Waals surface area contributed by atoms with Gasteiger partial charge in [0.15, 0.2) is 11.6 Å². The molecule has 22 heavy (non-hydrogen) atoms. The van der Waals surface area contributed by atoms with Crippen molar-refractivity contribution in [2.75, 3.05) is 18.0 Å². The van der Waals surface area contributed by atoms with Gasteiger partial charge in [-0.15, -0.1) is 0 Å². The number of rotatable bonds is 4. The zero-order valence-electron chi connectivity index (χ0n) is 13.0. The molecule has 1 amide bonds. The highest BCUT2D eigenvalue weighted by Crippen LogP contribution is 2.27. The third kappa shape index (κ3) is 3.05. The quantitative estimate of drug-likeness (QED) is 0.925. The van der Waals surface area contributed by atoms with Crippen LogP contribution in [0.3, 0.4) is 0 Å². The van der Waals surface area contributed by atoms with Crippen LogP contribution < -0.4 is 10.2 Å². The van der Waals surface area contributed by atoms with Gasteiger partial charge in [0, 0.05) is 25.0 Å². The smallest absolute Gasteiger partial charge is 0.223 e. The molecule has 0 bridgehead atoms. The number of anilines is 1. The molecule has 1 aliphatic heterocycles. The van der Waals surface area contributed by atoms with Crippen LogP contribution in [0.2, 0.25) is 0 Å². The number of carbonyl (C=O) groups is 1. The van der Waals surface area contributed by atoms with Crippen LogP contribution in [0.15, 0.2) is 6.33 Å². The van der Waals surface area contributed by atoms with Crippen molar-refractivity contribution >= 4 is 11.7 Å². The number of nitrogens with one attached hydrogen (secondary N) is 1. The molecule has 1 saturated heterocycles. The predicted octanol–water partition coefficient (Wildman–Crippen LogP) is 2.06. The van der Waals surface area contributed by atoms with Crippen molar-refractivity contribution in [2.45, 2.75) is 51.5 Å². The Labute approximate surface area is 130 Å². The van der Waals surface area contributed by atoms with Crippen LogP contribution in [0.5, 0.6) is 0 Å². The van der Waals surface area contributed by atoms with E-state index in [0.717, 1.165) is 38.6 Å². The van der Waals surface area contributed by atoms with Gasteiger partial charge in [-0.25, -0.2) is 14.4 Å². The van der Waals surface area contributed by atoms with Crippen molar-refractivity contribution < 1.29 is 9.18 Å². The molecule has 2 heterocycles. The minimum atomic E-state index is -0.323. The van der Waals surface area contributed by atoms with Gasteiger partial charge in [0.2, 0.25) is 5.91 Å². The van der Waals surface area contributed by atoms with Crippen LogP contribution in [0.1, 0.15) is 44.7 Å². The Kier molecular flexibility index (Phi) is 4.55. The van der Waals surface area contributed by atoms with E-state index in [1.807, 2.05) is 11.8 Å². The van der Waals surface area contributed by atoms with Gasteiger partial charge in [-0.3, -0.25) is 4.79 Å². The Morgan fingerprint density at radius 1 is 1.36 bits per heavy atom. The lowest BCUT2D eigenvalue weighted by Crippen LogP contribution is -2.50. The summed E-state index contributed by atoms with van der Waals surface area (Å²) in [6.45, 7) is 3.27. The molecule has 0 radical (unpaired) electrons. The second-order valence-electron chi connectivity index (χ2n) is 6.23. The summed E-state index contributed by atoms with van der Waals surface area (Å²) in [5, 5.41) is 3.12. The summed E-state index contributed by atoms with van der Waals surface area (Å²) in [6, 6.07) is 0.0845. The number of aryl methyl sites for hydroxylation is 1. The largest absolute Gasteiger partial charge is 0.352 e. The third-order valence-corrected chi connectivity index (χ3v) is 4.72. The first-order valence-corrected chi connectivity index (χ1v) is 8.23. The van der Waals surface area contributed by atoms with Gasteiger partial charge >= 0.3 is 0 Å². The van der Waals surface area contributed by atoms with Crippen LogP contribution in [0.25, 0.3) is 0 Å². The summed E-state index contributed by atoms with van der Waals surface area (Å²) < 4.78 is 14.4. The Bertz CT molecular complexity index is 547. The summed E-state index contributed by atoms with van der Waals surface area (Å²) in [4.78, 5) is 22.1. The van der Waals surface area contributed by atoms with Crippen molar-refractivity contribution in [3.8, 4) is 0 Å². The Balaban J connectivity index is 1.66. The normalized spacial score (nSPS) is 22.3. The van der Waals surface area contributed by atoms with E-state index in [1.165, 1.54) is 6.33 Å². The van der Waals surface area contributed by atoms with Gasteiger partial charge in [0.05, 0.1) is 5.69 Å². The van der Waals surface area contributed by atoms with Gasteiger partial charge in [-0.1, -0.05) is 13.3 Å². The molecule has 1 saturated carbocycles. The van der Waals surface area contributed by atoms with E-state index in [-0.39, 0.29) is 23.7 Å². The summed E-state index contributed by atoms with van der Waals surface area (Å²) in [6.07, 6.45) is 7.01. The molecule has 1 aromatic rings. The van der Waals surface area contributed by atoms with Gasteiger partial charge in [0.1, 0.15) is 6.33 Å². The van der Waals surface area contributed by atoms with E-state index in [1.54, 1.807) is 0 Å². The van der Waals surface area contributed by atoms with Gasteiger partial charge in [-0.2, -0.15) is 0 Å². The third-order valence-electron chi connectivity index (χ3n) is 4.72. The van der Waals surface area contributed by atoms with Crippen molar-refractivity contribution in [1.82, 2.24) is 15.3 Å². The van der Waals surface area contributed by atoms with Crippen molar-refractivity contribution in [2.24, 2.45) is 5.92 Å². The SMILES string of the molecule is CCc1ncnc(N2CCCC(NC(=O)C3CCC3)C2)c1F. The second-order valence-corrected chi connectivity index (χ2v) is 6.23. The zero-order valence-corrected chi connectivity index (χ0v) is 13.0. The number of nitrogens with zero attached hydrogens (tertiary/aromatic N) is 3. The fourth-order valence-corrected chi connectivity index (χ4v) is 3.14. The van der Waals surface area contributed by atoms with Gasteiger partial charge in [0.25, 0.3) is 0 Å². The van der Waals surface area contributed by atoms with Crippen LogP contribution in [-0.2, 0) is 11.2 Å². The molecule has 0 spiro atoms. The molecular weight excluding hydrogens is 283 g/mol. The fourth-order valence-electron chi connectivity index (χ4n) is 3.14. The first kappa shape index (κ1) is 15.2. The van der Waals surface area contributed by atoms with E-state index >= 15 is 0 Å². The minimum absolute atomic E-state index is 0.0845. The molecular formula is C16H23FN4O. The lowest BCUT2D eigenvalue weighted by Gasteiger charge is -2.35.